The van der Waals surface area contributed by atoms with Gasteiger partial charge in [0.05, 0.1) is 20.3 Å². The van der Waals surface area contributed by atoms with Gasteiger partial charge in [0.25, 0.3) is 0 Å². The SMILES string of the molecule is COc1ccc(CCCN=C(N)NCCCN2CCOCC2)cc1.I. The Morgan fingerprint density at radius 2 is 1.96 bits per heavy atom. The summed E-state index contributed by atoms with van der Waals surface area (Å²) < 4.78 is 10.5. The number of hydrogen-bond donors (Lipinski definition) is 2. The van der Waals surface area contributed by atoms with Crippen molar-refractivity contribution in [2.45, 2.75) is 19.3 Å². The standard InChI is InChI=1S/C18H30N4O2.HI/c1-23-17-7-5-16(6-8-17)4-2-9-20-18(19)21-10-3-11-22-12-14-24-15-13-22;/h5-8H,2-4,9-15H2,1H3,(H3,19,20,21);1H. The lowest BCUT2D eigenvalue weighted by Crippen LogP contribution is -2.39. The first-order chi connectivity index (χ1) is 11.8. The molecule has 0 unspecified atom stereocenters. The van der Waals surface area contributed by atoms with Gasteiger partial charge in [-0.2, -0.15) is 0 Å². The average Bonchev–Trinajstić information content (AvgIpc) is 2.64. The molecule has 0 saturated carbocycles. The first-order valence-electron chi connectivity index (χ1n) is 8.75. The fraction of sp³-hybridized carbons (Fsp3) is 0.611. The van der Waals surface area contributed by atoms with E-state index in [1.165, 1.54) is 5.56 Å². The third kappa shape index (κ3) is 9.27. The van der Waals surface area contributed by atoms with Crippen LogP contribution < -0.4 is 15.8 Å². The molecule has 1 heterocycles. The highest BCUT2D eigenvalue weighted by Crippen LogP contribution is 2.12. The number of aryl methyl sites for hydroxylation is 1. The zero-order valence-corrected chi connectivity index (χ0v) is 17.4. The van der Waals surface area contributed by atoms with Crippen molar-refractivity contribution in [3.05, 3.63) is 29.8 Å². The van der Waals surface area contributed by atoms with E-state index in [-0.39, 0.29) is 24.0 Å². The molecule has 0 amide bonds. The van der Waals surface area contributed by atoms with Crippen molar-refractivity contribution < 1.29 is 9.47 Å². The maximum Gasteiger partial charge on any atom is 0.188 e. The second-order valence-corrected chi connectivity index (χ2v) is 5.95. The molecular formula is C18H31IN4O2. The van der Waals surface area contributed by atoms with Crippen molar-refractivity contribution in [1.82, 2.24) is 10.2 Å². The fourth-order valence-corrected chi connectivity index (χ4v) is 2.67. The second-order valence-electron chi connectivity index (χ2n) is 5.95. The Morgan fingerprint density at radius 1 is 1.24 bits per heavy atom. The number of ether oxygens (including phenoxy) is 2. The first-order valence-corrected chi connectivity index (χ1v) is 8.75. The van der Waals surface area contributed by atoms with Crippen LogP contribution in [0.15, 0.2) is 29.3 Å². The summed E-state index contributed by atoms with van der Waals surface area (Å²) in [6.07, 6.45) is 3.06. The lowest BCUT2D eigenvalue weighted by molar-refractivity contribution is 0.0376. The number of nitrogens with one attached hydrogen (secondary N) is 1. The summed E-state index contributed by atoms with van der Waals surface area (Å²) in [4.78, 5) is 6.81. The summed E-state index contributed by atoms with van der Waals surface area (Å²) in [6, 6.07) is 8.16. The maximum atomic E-state index is 5.90. The number of guanidine groups is 1. The zero-order valence-electron chi connectivity index (χ0n) is 15.1. The number of rotatable bonds is 9. The molecule has 1 aromatic carbocycles. The Labute approximate surface area is 168 Å². The van der Waals surface area contributed by atoms with E-state index < -0.39 is 0 Å². The molecule has 1 aliphatic heterocycles. The highest BCUT2D eigenvalue weighted by atomic mass is 127. The Hall–Kier alpha value is -1.06. The summed E-state index contributed by atoms with van der Waals surface area (Å²) in [5, 5.41) is 3.19. The van der Waals surface area contributed by atoms with Crippen molar-refractivity contribution in [2.24, 2.45) is 10.7 Å². The summed E-state index contributed by atoms with van der Waals surface area (Å²) in [6.45, 7) is 6.47. The van der Waals surface area contributed by atoms with Gasteiger partial charge < -0.3 is 20.5 Å². The zero-order chi connectivity index (χ0) is 17.0. The number of nitrogens with zero attached hydrogens (tertiary/aromatic N) is 2. The minimum absolute atomic E-state index is 0. The molecule has 0 radical (unpaired) electrons. The first kappa shape index (κ1) is 22.0. The van der Waals surface area contributed by atoms with Gasteiger partial charge in [-0.3, -0.25) is 9.89 Å². The third-order valence-corrected chi connectivity index (χ3v) is 4.13. The molecule has 1 saturated heterocycles. The Bertz CT molecular complexity index is 490. The van der Waals surface area contributed by atoms with E-state index in [4.69, 9.17) is 15.2 Å². The molecule has 1 aliphatic rings. The summed E-state index contributed by atoms with van der Waals surface area (Å²) in [5.41, 5.74) is 7.19. The summed E-state index contributed by atoms with van der Waals surface area (Å²) >= 11 is 0. The molecule has 1 aromatic rings. The molecule has 0 atom stereocenters. The highest BCUT2D eigenvalue weighted by Gasteiger charge is 2.08. The number of benzene rings is 1. The maximum absolute atomic E-state index is 5.90. The summed E-state index contributed by atoms with van der Waals surface area (Å²) in [5.74, 6) is 1.44. The fourth-order valence-electron chi connectivity index (χ4n) is 2.67. The van der Waals surface area contributed by atoms with Gasteiger partial charge in [0.2, 0.25) is 0 Å². The lowest BCUT2D eigenvalue weighted by atomic mass is 10.1. The van der Waals surface area contributed by atoms with Crippen molar-refractivity contribution in [1.29, 1.82) is 0 Å². The number of hydrogen-bond acceptors (Lipinski definition) is 4. The van der Waals surface area contributed by atoms with Gasteiger partial charge in [-0.05, 0) is 43.5 Å². The Kier molecular flexibility index (Phi) is 11.6. The van der Waals surface area contributed by atoms with Crippen molar-refractivity contribution >= 4 is 29.9 Å². The van der Waals surface area contributed by atoms with Gasteiger partial charge in [-0.1, -0.05) is 12.1 Å². The average molecular weight is 462 g/mol. The molecule has 2 rings (SSSR count). The van der Waals surface area contributed by atoms with E-state index >= 15 is 0 Å². The molecule has 7 heteroatoms. The van der Waals surface area contributed by atoms with Crippen molar-refractivity contribution in [3.63, 3.8) is 0 Å². The van der Waals surface area contributed by atoms with Gasteiger partial charge in [0, 0.05) is 26.2 Å². The molecule has 0 aliphatic carbocycles. The van der Waals surface area contributed by atoms with Gasteiger partial charge in [0.15, 0.2) is 5.96 Å². The quantitative estimate of drug-likeness (QED) is 0.254. The van der Waals surface area contributed by atoms with E-state index in [1.54, 1.807) is 7.11 Å². The van der Waals surface area contributed by atoms with Gasteiger partial charge in [-0.25, -0.2) is 0 Å². The van der Waals surface area contributed by atoms with E-state index in [9.17, 15) is 0 Å². The monoisotopic (exact) mass is 462 g/mol. The molecular weight excluding hydrogens is 431 g/mol. The third-order valence-electron chi connectivity index (χ3n) is 4.13. The Morgan fingerprint density at radius 3 is 2.64 bits per heavy atom. The number of halogens is 1. The minimum atomic E-state index is 0. The normalized spacial score (nSPS) is 15.5. The van der Waals surface area contributed by atoms with E-state index in [0.717, 1.165) is 70.9 Å². The van der Waals surface area contributed by atoms with Crippen LogP contribution in [0.5, 0.6) is 5.75 Å². The number of morpholine rings is 1. The van der Waals surface area contributed by atoms with Crippen LogP contribution >= 0.6 is 24.0 Å². The van der Waals surface area contributed by atoms with Crippen LogP contribution in [0.1, 0.15) is 18.4 Å². The van der Waals surface area contributed by atoms with Crippen LogP contribution in [-0.4, -0.2) is 63.9 Å². The predicted molar refractivity (Wildman–Crippen MR) is 113 cm³/mol. The number of nitrogens with two attached hydrogens (primary N) is 1. The van der Waals surface area contributed by atoms with E-state index in [2.05, 4.69) is 27.3 Å². The van der Waals surface area contributed by atoms with Crippen molar-refractivity contribution in [2.75, 3.05) is 53.0 Å². The van der Waals surface area contributed by atoms with Crippen LogP contribution in [0.25, 0.3) is 0 Å². The molecule has 0 aromatic heterocycles. The predicted octanol–water partition coefficient (Wildman–Crippen LogP) is 1.87. The largest absolute Gasteiger partial charge is 0.497 e. The van der Waals surface area contributed by atoms with Crippen LogP contribution in [0.4, 0.5) is 0 Å². The van der Waals surface area contributed by atoms with Gasteiger partial charge in [0.1, 0.15) is 5.75 Å². The minimum Gasteiger partial charge on any atom is -0.497 e. The van der Waals surface area contributed by atoms with Crippen LogP contribution in [0, 0.1) is 0 Å². The van der Waals surface area contributed by atoms with E-state index in [1.807, 2.05) is 12.1 Å². The molecule has 142 valence electrons. The molecule has 0 bridgehead atoms. The second kappa shape index (κ2) is 13.2. The van der Waals surface area contributed by atoms with Crippen LogP contribution in [0.2, 0.25) is 0 Å². The van der Waals surface area contributed by atoms with Crippen molar-refractivity contribution in [3.8, 4) is 5.75 Å². The van der Waals surface area contributed by atoms with Crippen LogP contribution in [0.3, 0.4) is 0 Å². The number of methoxy groups -OCH3 is 1. The summed E-state index contributed by atoms with van der Waals surface area (Å²) in [7, 11) is 1.68. The number of aliphatic imine (C=N–C) groups is 1. The van der Waals surface area contributed by atoms with Gasteiger partial charge >= 0.3 is 0 Å². The molecule has 0 spiro atoms. The smallest absolute Gasteiger partial charge is 0.188 e. The highest BCUT2D eigenvalue weighted by molar-refractivity contribution is 14.0. The van der Waals surface area contributed by atoms with E-state index in [0.29, 0.717) is 5.96 Å². The molecule has 25 heavy (non-hydrogen) atoms. The molecule has 6 nitrogen and oxygen atoms in total. The van der Waals surface area contributed by atoms with Gasteiger partial charge in [-0.15, -0.1) is 24.0 Å². The van der Waals surface area contributed by atoms with Crippen LogP contribution in [-0.2, 0) is 11.2 Å². The topological polar surface area (TPSA) is 72.1 Å². The Balaban J connectivity index is 0.00000312. The molecule has 1 fully saturated rings. The molecule has 3 N–H and O–H groups in total. The lowest BCUT2D eigenvalue weighted by Gasteiger charge is -2.26.